The maximum Gasteiger partial charge on any atom is 0.242 e. The maximum absolute atomic E-state index is 12.6. The Morgan fingerprint density at radius 1 is 1.22 bits per heavy atom. The van der Waals surface area contributed by atoms with E-state index in [2.05, 4.69) is 41.5 Å². The molecule has 2 aromatic rings. The smallest absolute Gasteiger partial charge is 0.242 e. The standard InChI is InChI=1S/C17H17Br2Cl2N3O2S/c18-11-5-10(17(22)14(19)6-11)8-24-4-3-13(9-24)23-27(25,26)16-2-1-12(20)7-15(16)21/h1-2,5-7,13,23H,3-4,8-9,22H2/t13-/m1/s1. The number of benzene rings is 2. The SMILES string of the molecule is Nc1c(Br)cc(Br)cc1CN1CC[C@@H](NS(=O)(=O)c2ccc(Cl)cc2Cl)C1. The van der Waals surface area contributed by atoms with Gasteiger partial charge in [-0.2, -0.15) is 0 Å². The second-order valence-corrected chi connectivity index (χ2v) is 10.7. The highest BCUT2D eigenvalue weighted by Crippen LogP contribution is 2.30. The van der Waals surface area contributed by atoms with Crippen LogP contribution in [0.5, 0.6) is 0 Å². The monoisotopic (exact) mass is 555 g/mol. The molecule has 1 fully saturated rings. The molecule has 1 heterocycles. The highest BCUT2D eigenvalue weighted by molar-refractivity contribution is 9.11. The molecule has 0 aliphatic carbocycles. The zero-order chi connectivity index (χ0) is 19.8. The zero-order valence-electron chi connectivity index (χ0n) is 14.1. The Morgan fingerprint density at radius 3 is 2.67 bits per heavy atom. The summed E-state index contributed by atoms with van der Waals surface area (Å²) in [4.78, 5) is 2.20. The number of nitrogen functional groups attached to an aromatic ring is 1. The number of hydrogen-bond donors (Lipinski definition) is 2. The van der Waals surface area contributed by atoms with Crippen molar-refractivity contribution < 1.29 is 8.42 Å². The van der Waals surface area contributed by atoms with Crippen LogP contribution < -0.4 is 10.5 Å². The van der Waals surface area contributed by atoms with Crippen LogP contribution in [0.4, 0.5) is 5.69 Å². The molecule has 1 atom stereocenters. The first-order valence-electron chi connectivity index (χ1n) is 8.09. The summed E-state index contributed by atoms with van der Waals surface area (Å²) in [7, 11) is -3.72. The molecule has 146 valence electrons. The van der Waals surface area contributed by atoms with E-state index in [9.17, 15) is 8.42 Å². The first-order valence-corrected chi connectivity index (χ1v) is 11.9. The Kier molecular flexibility index (Phi) is 6.78. The van der Waals surface area contributed by atoms with Gasteiger partial charge in [0, 0.05) is 39.6 Å². The van der Waals surface area contributed by atoms with Crippen molar-refractivity contribution in [1.82, 2.24) is 9.62 Å². The summed E-state index contributed by atoms with van der Waals surface area (Å²) in [6.45, 7) is 2.00. The highest BCUT2D eigenvalue weighted by Gasteiger charge is 2.28. The third-order valence-electron chi connectivity index (χ3n) is 4.35. The van der Waals surface area contributed by atoms with Crippen LogP contribution in [-0.4, -0.2) is 32.4 Å². The Morgan fingerprint density at radius 2 is 1.96 bits per heavy atom. The quantitative estimate of drug-likeness (QED) is 0.525. The predicted molar refractivity (Wildman–Crippen MR) is 117 cm³/mol. The van der Waals surface area contributed by atoms with Crippen LogP contribution in [-0.2, 0) is 16.6 Å². The van der Waals surface area contributed by atoms with Crippen LogP contribution >= 0.6 is 55.1 Å². The molecule has 1 saturated heterocycles. The van der Waals surface area contributed by atoms with Crippen molar-refractivity contribution in [2.75, 3.05) is 18.8 Å². The van der Waals surface area contributed by atoms with E-state index in [1.54, 1.807) is 0 Å². The molecule has 3 rings (SSSR count). The van der Waals surface area contributed by atoms with Gasteiger partial charge in [-0.1, -0.05) is 39.1 Å². The van der Waals surface area contributed by atoms with Gasteiger partial charge in [-0.25, -0.2) is 13.1 Å². The molecule has 3 N–H and O–H groups in total. The molecule has 5 nitrogen and oxygen atoms in total. The lowest BCUT2D eigenvalue weighted by atomic mass is 10.2. The lowest BCUT2D eigenvalue weighted by molar-refractivity contribution is 0.325. The normalized spacial score (nSPS) is 18.1. The minimum absolute atomic E-state index is 0.0344. The summed E-state index contributed by atoms with van der Waals surface area (Å²) in [6, 6.07) is 8.03. The number of rotatable bonds is 5. The molecule has 27 heavy (non-hydrogen) atoms. The fourth-order valence-electron chi connectivity index (χ4n) is 3.06. The van der Waals surface area contributed by atoms with E-state index in [0.717, 1.165) is 21.1 Å². The molecule has 10 heteroatoms. The largest absolute Gasteiger partial charge is 0.398 e. The average molecular weight is 558 g/mol. The molecular weight excluding hydrogens is 541 g/mol. The molecule has 0 saturated carbocycles. The van der Waals surface area contributed by atoms with Crippen LogP contribution in [0.3, 0.4) is 0 Å². The first-order chi connectivity index (χ1) is 12.7. The lowest BCUT2D eigenvalue weighted by Crippen LogP contribution is -2.37. The van der Waals surface area contributed by atoms with Gasteiger partial charge in [-0.05, 0) is 58.2 Å². The van der Waals surface area contributed by atoms with Gasteiger partial charge >= 0.3 is 0 Å². The van der Waals surface area contributed by atoms with Gasteiger partial charge in [-0.15, -0.1) is 0 Å². The van der Waals surface area contributed by atoms with Crippen molar-refractivity contribution in [2.24, 2.45) is 0 Å². The number of nitrogens with zero attached hydrogens (tertiary/aromatic N) is 1. The van der Waals surface area contributed by atoms with Crippen LogP contribution in [0, 0.1) is 0 Å². The van der Waals surface area contributed by atoms with Gasteiger partial charge in [0.1, 0.15) is 4.90 Å². The summed E-state index contributed by atoms with van der Waals surface area (Å²) in [5.41, 5.74) is 7.82. The van der Waals surface area contributed by atoms with E-state index in [0.29, 0.717) is 30.2 Å². The second kappa shape index (κ2) is 8.57. The van der Waals surface area contributed by atoms with E-state index in [-0.39, 0.29) is 16.0 Å². The number of nitrogens with one attached hydrogen (secondary N) is 1. The number of halogens is 4. The fraction of sp³-hybridized carbons (Fsp3) is 0.294. The number of hydrogen-bond acceptors (Lipinski definition) is 4. The van der Waals surface area contributed by atoms with Gasteiger partial charge in [0.25, 0.3) is 0 Å². The third-order valence-corrected chi connectivity index (χ3v) is 7.70. The van der Waals surface area contributed by atoms with Crippen LogP contribution in [0.15, 0.2) is 44.2 Å². The van der Waals surface area contributed by atoms with Gasteiger partial charge < -0.3 is 5.73 Å². The summed E-state index contributed by atoms with van der Waals surface area (Å²) in [5, 5.41) is 0.500. The van der Waals surface area contributed by atoms with Crippen molar-refractivity contribution in [3.63, 3.8) is 0 Å². The van der Waals surface area contributed by atoms with E-state index < -0.39 is 10.0 Å². The lowest BCUT2D eigenvalue weighted by Gasteiger charge is -2.19. The van der Waals surface area contributed by atoms with E-state index in [1.807, 2.05) is 12.1 Å². The van der Waals surface area contributed by atoms with E-state index in [1.165, 1.54) is 18.2 Å². The number of likely N-dealkylation sites (tertiary alicyclic amines) is 1. The number of nitrogens with two attached hydrogens (primary N) is 1. The van der Waals surface area contributed by atoms with Gasteiger partial charge in [0.05, 0.1) is 10.7 Å². The van der Waals surface area contributed by atoms with Gasteiger partial charge in [0.2, 0.25) is 10.0 Å². The Bertz CT molecular complexity index is 973. The van der Waals surface area contributed by atoms with Crippen molar-refractivity contribution in [3.8, 4) is 0 Å². The van der Waals surface area contributed by atoms with E-state index >= 15 is 0 Å². The molecule has 0 amide bonds. The second-order valence-electron chi connectivity index (χ2n) is 6.38. The topological polar surface area (TPSA) is 75.4 Å². The zero-order valence-corrected chi connectivity index (χ0v) is 19.6. The number of sulfonamides is 1. The number of anilines is 1. The van der Waals surface area contributed by atoms with Gasteiger partial charge in [-0.3, -0.25) is 4.90 Å². The molecule has 0 aromatic heterocycles. The van der Waals surface area contributed by atoms with Crippen LogP contribution in [0.25, 0.3) is 0 Å². The Balaban J connectivity index is 1.68. The summed E-state index contributed by atoms with van der Waals surface area (Å²) in [6.07, 6.45) is 0.708. The minimum Gasteiger partial charge on any atom is -0.398 e. The Hall–Kier alpha value is -0.350. The highest BCUT2D eigenvalue weighted by atomic mass is 79.9. The van der Waals surface area contributed by atoms with Crippen molar-refractivity contribution >= 4 is 70.8 Å². The molecule has 0 radical (unpaired) electrons. The van der Waals surface area contributed by atoms with Crippen molar-refractivity contribution in [2.45, 2.75) is 23.9 Å². The summed E-state index contributed by atoms with van der Waals surface area (Å²) >= 11 is 18.8. The van der Waals surface area contributed by atoms with E-state index in [4.69, 9.17) is 28.9 Å². The summed E-state index contributed by atoms with van der Waals surface area (Å²) in [5.74, 6) is 0. The molecule has 1 aliphatic heterocycles. The van der Waals surface area contributed by atoms with Crippen LogP contribution in [0.2, 0.25) is 10.0 Å². The average Bonchev–Trinajstić information content (AvgIpc) is 2.98. The summed E-state index contributed by atoms with van der Waals surface area (Å²) < 4.78 is 29.8. The molecule has 2 aromatic carbocycles. The predicted octanol–water partition coefficient (Wildman–Crippen LogP) is 4.65. The first kappa shape index (κ1) is 21.4. The van der Waals surface area contributed by atoms with Gasteiger partial charge in [0.15, 0.2) is 0 Å². The third kappa shape index (κ3) is 5.18. The minimum atomic E-state index is -3.72. The molecule has 0 unspecified atom stereocenters. The van der Waals surface area contributed by atoms with Crippen molar-refractivity contribution in [3.05, 3.63) is 54.9 Å². The fourth-order valence-corrected chi connectivity index (χ4v) is 6.41. The van der Waals surface area contributed by atoms with Crippen molar-refractivity contribution in [1.29, 1.82) is 0 Å². The maximum atomic E-state index is 12.6. The molecule has 1 aliphatic rings. The molecular formula is C17H17Br2Cl2N3O2S. The Labute approximate surface area is 185 Å². The van der Waals surface area contributed by atoms with Crippen LogP contribution in [0.1, 0.15) is 12.0 Å². The molecule has 0 spiro atoms. The molecule has 0 bridgehead atoms.